The van der Waals surface area contributed by atoms with Gasteiger partial charge in [0.2, 0.25) is 5.91 Å². The highest BCUT2D eigenvalue weighted by Gasteiger charge is 2.28. The minimum absolute atomic E-state index is 0.0823. The fraction of sp³-hybridized carbons (Fsp3) is 0.278. The molecule has 0 spiro atoms. The molecule has 1 unspecified atom stereocenters. The number of hydrogen-bond donors (Lipinski definition) is 1. The number of sulfonamides is 1. The van der Waals surface area contributed by atoms with Gasteiger partial charge in [-0.2, -0.15) is 0 Å². The molecule has 0 aromatic heterocycles. The number of benzene rings is 2. The first-order valence-corrected chi connectivity index (χ1v) is 9.43. The van der Waals surface area contributed by atoms with Crippen molar-refractivity contribution < 1.29 is 17.9 Å². The van der Waals surface area contributed by atoms with E-state index >= 15 is 0 Å². The van der Waals surface area contributed by atoms with E-state index in [9.17, 15) is 13.2 Å². The van der Waals surface area contributed by atoms with Gasteiger partial charge in [-0.3, -0.25) is 9.52 Å². The van der Waals surface area contributed by atoms with Crippen LogP contribution < -0.4 is 14.4 Å². The molecule has 2 aromatic carbocycles. The first-order valence-electron chi connectivity index (χ1n) is 7.95. The summed E-state index contributed by atoms with van der Waals surface area (Å²) in [5.41, 5.74) is 1.82. The first-order chi connectivity index (χ1) is 11.8. The van der Waals surface area contributed by atoms with Gasteiger partial charge in [0.1, 0.15) is 11.9 Å². The second kappa shape index (κ2) is 6.40. The molecule has 0 radical (unpaired) electrons. The lowest BCUT2D eigenvalue weighted by molar-refractivity contribution is -0.117. The van der Waals surface area contributed by atoms with E-state index in [1.807, 2.05) is 26.0 Å². The molecule has 1 aliphatic heterocycles. The van der Waals surface area contributed by atoms with Gasteiger partial charge in [0.15, 0.2) is 0 Å². The normalized spacial score (nSPS) is 16.8. The molecule has 0 saturated carbocycles. The number of carbonyl (C=O) groups excluding carboxylic acids is 1. The number of hydrogen-bond acceptors (Lipinski definition) is 4. The lowest BCUT2D eigenvalue weighted by atomic mass is 10.2. The minimum atomic E-state index is -3.78. The molecule has 0 bridgehead atoms. The molecule has 0 aliphatic carbocycles. The second-order valence-corrected chi connectivity index (χ2v) is 7.79. The number of amides is 1. The van der Waals surface area contributed by atoms with Gasteiger partial charge < -0.3 is 9.64 Å². The number of aryl methyl sites for hydroxylation is 1. The highest BCUT2D eigenvalue weighted by molar-refractivity contribution is 7.92. The van der Waals surface area contributed by atoms with Crippen LogP contribution in [0.15, 0.2) is 47.4 Å². The van der Waals surface area contributed by atoms with E-state index in [2.05, 4.69) is 4.72 Å². The molecule has 1 N–H and O–H groups in total. The zero-order chi connectivity index (χ0) is 18.2. The monoisotopic (exact) mass is 360 g/mol. The van der Waals surface area contributed by atoms with E-state index in [0.29, 0.717) is 23.7 Å². The number of ether oxygens (including phenoxy) is 1. The lowest BCUT2D eigenvalue weighted by Crippen LogP contribution is -2.41. The van der Waals surface area contributed by atoms with E-state index < -0.39 is 10.0 Å². The Morgan fingerprint density at radius 3 is 2.64 bits per heavy atom. The Labute approximate surface area is 147 Å². The van der Waals surface area contributed by atoms with Gasteiger partial charge in [-0.1, -0.05) is 18.2 Å². The van der Waals surface area contributed by atoms with E-state index in [1.165, 1.54) is 24.0 Å². The molecule has 1 aliphatic rings. The van der Waals surface area contributed by atoms with Gasteiger partial charge in [0, 0.05) is 6.92 Å². The van der Waals surface area contributed by atoms with Gasteiger partial charge >= 0.3 is 0 Å². The Morgan fingerprint density at radius 1 is 1.24 bits per heavy atom. The summed E-state index contributed by atoms with van der Waals surface area (Å²) in [4.78, 5) is 13.5. The summed E-state index contributed by atoms with van der Waals surface area (Å²) in [5, 5.41) is 0. The molecule has 1 atom stereocenters. The number of nitrogens with one attached hydrogen (secondary N) is 1. The summed E-state index contributed by atoms with van der Waals surface area (Å²) in [6.45, 7) is 5.53. The van der Waals surface area contributed by atoms with E-state index in [4.69, 9.17) is 4.74 Å². The maximum atomic E-state index is 12.7. The summed E-state index contributed by atoms with van der Waals surface area (Å²) >= 11 is 0. The molecule has 0 fully saturated rings. The average molecular weight is 360 g/mol. The standard InChI is InChI=1S/C18H20N2O4S/c1-12-6-4-5-7-16(12)19-25(22,23)15-8-9-18-17(10-15)20(14(3)21)11-13(2)24-18/h4-10,13,19H,11H2,1-3H3. The molecule has 132 valence electrons. The number of anilines is 2. The molecule has 25 heavy (non-hydrogen) atoms. The average Bonchev–Trinajstić information content (AvgIpc) is 2.55. The van der Waals surface area contributed by atoms with Crippen LogP contribution in [0.4, 0.5) is 11.4 Å². The fourth-order valence-electron chi connectivity index (χ4n) is 2.77. The predicted molar refractivity (Wildman–Crippen MR) is 96.5 cm³/mol. The quantitative estimate of drug-likeness (QED) is 0.913. The summed E-state index contributed by atoms with van der Waals surface area (Å²) in [5.74, 6) is 0.349. The van der Waals surface area contributed by atoms with Gasteiger partial charge in [0.25, 0.3) is 10.0 Å². The third kappa shape index (κ3) is 3.46. The van der Waals surface area contributed by atoms with Crippen LogP contribution in [0.2, 0.25) is 0 Å². The summed E-state index contributed by atoms with van der Waals surface area (Å²) in [6.07, 6.45) is -0.149. The lowest BCUT2D eigenvalue weighted by Gasteiger charge is -2.33. The van der Waals surface area contributed by atoms with Crippen LogP contribution in [0.1, 0.15) is 19.4 Å². The van der Waals surface area contributed by atoms with Crippen molar-refractivity contribution in [1.82, 2.24) is 0 Å². The third-order valence-electron chi connectivity index (χ3n) is 4.07. The van der Waals surface area contributed by atoms with E-state index in [0.717, 1.165) is 5.56 Å². The predicted octanol–water partition coefficient (Wildman–Crippen LogP) is 2.93. The zero-order valence-electron chi connectivity index (χ0n) is 14.3. The number of rotatable bonds is 3. The van der Waals surface area contributed by atoms with E-state index in [-0.39, 0.29) is 16.9 Å². The van der Waals surface area contributed by atoms with Crippen LogP contribution in [0.25, 0.3) is 0 Å². The maximum Gasteiger partial charge on any atom is 0.261 e. The van der Waals surface area contributed by atoms with Crippen molar-refractivity contribution in [2.75, 3.05) is 16.2 Å². The molecule has 1 amide bonds. The van der Waals surface area contributed by atoms with Crippen LogP contribution in [0.5, 0.6) is 5.75 Å². The minimum Gasteiger partial charge on any atom is -0.487 e. The highest BCUT2D eigenvalue weighted by atomic mass is 32.2. The molecule has 2 aromatic rings. The summed E-state index contributed by atoms with van der Waals surface area (Å²) in [6, 6.07) is 11.7. The largest absolute Gasteiger partial charge is 0.487 e. The van der Waals surface area contributed by atoms with Crippen molar-refractivity contribution in [1.29, 1.82) is 0 Å². The Bertz CT molecular complexity index is 924. The SMILES string of the molecule is CC(=O)N1CC(C)Oc2ccc(S(=O)(=O)Nc3ccccc3C)cc21. The van der Waals surface area contributed by atoms with Gasteiger partial charge in [-0.25, -0.2) is 8.42 Å². The molecule has 6 nitrogen and oxygen atoms in total. The van der Waals surface area contributed by atoms with Crippen molar-refractivity contribution in [3.8, 4) is 5.75 Å². The second-order valence-electron chi connectivity index (χ2n) is 6.11. The van der Waals surface area contributed by atoms with Crippen molar-refractivity contribution in [2.24, 2.45) is 0 Å². The first kappa shape index (κ1) is 17.3. The van der Waals surface area contributed by atoms with Crippen LogP contribution in [0, 0.1) is 6.92 Å². The number of nitrogens with zero attached hydrogens (tertiary/aromatic N) is 1. The Kier molecular flexibility index (Phi) is 4.43. The fourth-order valence-corrected chi connectivity index (χ4v) is 3.92. The molecular formula is C18H20N2O4S. The van der Waals surface area contributed by atoms with E-state index in [1.54, 1.807) is 18.2 Å². The molecule has 1 heterocycles. The number of para-hydroxylation sites is 1. The van der Waals surface area contributed by atoms with Crippen molar-refractivity contribution >= 4 is 27.3 Å². The van der Waals surface area contributed by atoms with Crippen LogP contribution in [-0.4, -0.2) is 27.0 Å². The maximum absolute atomic E-state index is 12.7. The van der Waals surface area contributed by atoms with Crippen LogP contribution in [0.3, 0.4) is 0 Å². The Hall–Kier alpha value is -2.54. The molecule has 0 saturated heterocycles. The summed E-state index contributed by atoms with van der Waals surface area (Å²) in [7, 11) is -3.78. The molecular weight excluding hydrogens is 340 g/mol. The van der Waals surface area contributed by atoms with Crippen molar-refractivity contribution in [3.05, 3.63) is 48.0 Å². The van der Waals surface area contributed by atoms with Gasteiger partial charge in [0.05, 0.1) is 22.8 Å². The van der Waals surface area contributed by atoms with Crippen molar-refractivity contribution in [2.45, 2.75) is 31.8 Å². The molecule has 7 heteroatoms. The smallest absolute Gasteiger partial charge is 0.261 e. The number of fused-ring (bicyclic) bond motifs is 1. The molecule has 3 rings (SSSR count). The van der Waals surface area contributed by atoms with Gasteiger partial charge in [-0.15, -0.1) is 0 Å². The van der Waals surface area contributed by atoms with Crippen molar-refractivity contribution in [3.63, 3.8) is 0 Å². The summed E-state index contributed by atoms with van der Waals surface area (Å²) < 4.78 is 33.7. The Balaban J connectivity index is 2.00. The zero-order valence-corrected chi connectivity index (χ0v) is 15.1. The number of carbonyl (C=O) groups is 1. The third-order valence-corrected chi connectivity index (χ3v) is 5.43. The van der Waals surface area contributed by atoms with Crippen LogP contribution >= 0.6 is 0 Å². The Morgan fingerprint density at radius 2 is 1.96 bits per heavy atom. The highest BCUT2D eigenvalue weighted by Crippen LogP contribution is 2.36. The van der Waals surface area contributed by atoms with Gasteiger partial charge in [-0.05, 0) is 43.7 Å². The topological polar surface area (TPSA) is 75.7 Å². The van der Waals surface area contributed by atoms with Crippen LogP contribution in [-0.2, 0) is 14.8 Å².